The van der Waals surface area contributed by atoms with Crippen molar-refractivity contribution in [1.29, 1.82) is 0 Å². The van der Waals surface area contributed by atoms with E-state index in [0.717, 1.165) is 19.4 Å². The molecular weight excluding hydrogens is 166 g/mol. The molecule has 0 atom stereocenters. The van der Waals surface area contributed by atoms with E-state index >= 15 is 0 Å². The summed E-state index contributed by atoms with van der Waals surface area (Å²) in [6.07, 6.45) is 1.80. The largest absolute Gasteiger partial charge is 0.396 e. The van der Waals surface area contributed by atoms with Crippen LogP contribution < -0.4 is 0 Å². The van der Waals surface area contributed by atoms with Crippen LogP contribution >= 0.6 is 24.8 Å². The van der Waals surface area contributed by atoms with Crippen LogP contribution in [-0.2, 0) is 0 Å². The Kier molecular flexibility index (Phi) is 6.06. The Labute approximate surface area is 72.6 Å². The topological polar surface area (TPSA) is 23.5 Å². The summed E-state index contributed by atoms with van der Waals surface area (Å²) in [6.45, 7) is 1.13. The quantitative estimate of drug-likeness (QED) is 0.381. The van der Waals surface area contributed by atoms with E-state index in [4.69, 9.17) is 17.3 Å². The molecule has 0 unspecified atom stereocenters. The Balaban J connectivity index is 3.21. The van der Waals surface area contributed by atoms with Gasteiger partial charge in [0.15, 0.2) is 0 Å². The smallest absolute Gasteiger partial charge is 0.133 e. The number of thiocarbonyl (C=S) groups is 1. The third-order valence-electron chi connectivity index (χ3n) is 1.23. The number of hydrogen-bond acceptors (Lipinski definition) is 2. The molecule has 0 bridgehead atoms. The SMILES string of the molecule is CN(CCCCO)C(=S)S. The maximum atomic E-state index is 8.45. The van der Waals surface area contributed by atoms with Gasteiger partial charge in [-0.2, -0.15) is 0 Å². The molecule has 0 spiro atoms. The molecule has 0 saturated heterocycles. The lowest BCUT2D eigenvalue weighted by atomic mass is 10.3. The molecule has 4 heteroatoms. The normalized spacial score (nSPS) is 9.50. The number of hydrogen-bond donors (Lipinski definition) is 2. The zero-order valence-electron chi connectivity index (χ0n) is 6.08. The zero-order chi connectivity index (χ0) is 7.98. The van der Waals surface area contributed by atoms with Crippen LogP contribution in [0.2, 0.25) is 0 Å². The van der Waals surface area contributed by atoms with E-state index in [9.17, 15) is 0 Å². The Bertz CT molecular complexity index is 108. The molecule has 0 aromatic heterocycles. The number of aliphatic hydroxyl groups excluding tert-OH is 1. The minimum atomic E-state index is 0.257. The van der Waals surface area contributed by atoms with Crippen LogP contribution in [0.1, 0.15) is 12.8 Å². The van der Waals surface area contributed by atoms with Gasteiger partial charge in [0.1, 0.15) is 4.32 Å². The zero-order valence-corrected chi connectivity index (χ0v) is 7.79. The summed E-state index contributed by atoms with van der Waals surface area (Å²) in [5.41, 5.74) is 0. The Morgan fingerprint density at radius 3 is 2.60 bits per heavy atom. The Hall–Kier alpha value is 0.200. The molecule has 0 fully saturated rings. The van der Waals surface area contributed by atoms with Crippen LogP contribution in [0.3, 0.4) is 0 Å². The molecule has 0 aliphatic rings. The van der Waals surface area contributed by atoms with Gasteiger partial charge in [-0.15, -0.1) is 12.6 Å². The molecule has 0 aromatic rings. The molecule has 0 radical (unpaired) electrons. The number of rotatable bonds is 4. The fraction of sp³-hybridized carbons (Fsp3) is 0.833. The standard InChI is InChI=1S/C6H13NOS2/c1-7(6(9)10)4-2-3-5-8/h8H,2-5H2,1H3,(H,9,10). The van der Waals surface area contributed by atoms with E-state index in [-0.39, 0.29) is 6.61 Å². The molecule has 1 N–H and O–H groups in total. The maximum Gasteiger partial charge on any atom is 0.133 e. The van der Waals surface area contributed by atoms with Crippen molar-refractivity contribution < 1.29 is 5.11 Å². The van der Waals surface area contributed by atoms with Crippen molar-refractivity contribution in [2.45, 2.75) is 12.8 Å². The minimum Gasteiger partial charge on any atom is -0.396 e. The molecular formula is C6H13NOS2. The molecule has 0 rings (SSSR count). The summed E-state index contributed by atoms with van der Waals surface area (Å²) < 4.78 is 0.609. The second kappa shape index (κ2) is 5.95. The molecule has 60 valence electrons. The van der Waals surface area contributed by atoms with E-state index in [0.29, 0.717) is 4.32 Å². The lowest BCUT2D eigenvalue weighted by Gasteiger charge is -2.15. The lowest BCUT2D eigenvalue weighted by Crippen LogP contribution is -2.21. The van der Waals surface area contributed by atoms with Gasteiger partial charge in [-0.3, -0.25) is 0 Å². The summed E-state index contributed by atoms with van der Waals surface area (Å²) in [6, 6.07) is 0. The first kappa shape index (κ1) is 10.2. The van der Waals surface area contributed by atoms with Crippen molar-refractivity contribution in [1.82, 2.24) is 4.90 Å². The van der Waals surface area contributed by atoms with Crippen LogP contribution in [-0.4, -0.2) is 34.5 Å². The monoisotopic (exact) mass is 179 g/mol. The average Bonchev–Trinajstić information content (AvgIpc) is 1.88. The van der Waals surface area contributed by atoms with Crippen molar-refractivity contribution >= 4 is 29.2 Å². The van der Waals surface area contributed by atoms with Crippen LogP contribution in [0.25, 0.3) is 0 Å². The first-order chi connectivity index (χ1) is 4.68. The third-order valence-corrected chi connectivity index (χ3v) is 1.88. The Morgan fingerprint density at radius 2 is 2.20 bits per heavy atom. The molecule has 0 heterocycles. The minimum absolute atomic E-state index is 0.257. The number of unbranched alkanes of at least 4 members (excludes halogenated alkanes) is 1. The highest BCUT2D eigenvalue weighted by Crippen LogP contribution is 1.96. The highest BCUT2D eigenvalue weighted by atomic mass is 32.1. The van der Waals surface area contributed by atoms with Gasteiger partial charge in [0.05, 0.1) is 0 Å². The first-order valence-electron chi connectivity index (χ1n) is 3.23. The van der Waals surface area contributed by atoms with Crippen molar-refractivity contribution in [2.75, 3.05) is 20.2 Å². The van der Waals surface area contributed by atoms with Crippen molar-refractivity contribution in [3.63, 3.8) is 0 Å². The molecule has 2 nitrogen and oxygen atoms in total. The van der Waals surface area contributed by atoms with E-state index in [2.05, 4.69) is 12.6 Å². The van der Waals surface area contributed by atoms with Gasteiger partial charge in [0, 0.05) is 20.2 Å². The third kappa shape index (κ3) is 5.02. The summed E-state index contributed by atoms with van der Waals surface area (Å²) in [7, 11) is 1.90. The van der Waals surface area contributed by atoms with E-state index in [1.54, 1.807) is 0 Å². The summed E-state index contributed by atoms with van der Waals surface area (Å²) >= 11 is 8.79. The van der Waals surface area contributed by atoms with Crippen molar-refractivity contribution in [3.8, 4) is 0 Å². The highest BCUT2D eigenvalue weighted by Gasteiger charge is 1.96. The van der Waals surface area contributed by atoms with E-state index < -0.39 is 0 Å². The average molecular weight is 179 g/mol. The summed E-state index contributed by atoms with van der Waals surface area (Å²) in [5, 5.41) is 8.45. The summed E-state index contributed by atoms with van der Waals surface area (Å²) in [4.78, 5) is 1.88. The van der Waals surface area contributed by atoms with Gasteiger partial charge in [0.2, 0.25) is 0 Å². The van der Waals surface area contributed by atoms with Gasteiger partial charge in [-0.05, 0) is 12.8 Å². The van der Waals surface area contributed by atoms with Crippen LogP contribution in [0.4, 0.5) is 0 Å². The number of aliphatic hydroxyl groups is 1. The van der Waals surface area contributed by atoms with Crippen LogP contribution in [0.15, 0.2) is 0 Å². The van der Waals surface area contributed by atoms with Gasteiger partial charge in [0.25, 0.3) is 0 Å². The number of thiol groups is 1. The molecule has 0 aromatic carbocycles. The van der Waals surface area contributed by atoms with E-state index in [1.807, 2.05) is 11.9 Å². The summed E-state index contributed by atoms with van der Waals surface area (Å²) in [5.74, 6) is 0. The molecule has 10 heavy (non-hydrogen) atoms. The predicted molar refractivity (Wildman–Crippen MR) is 50.5 cm³/mol. The highest BCUT2D eigenvalue weighted by molar-refractivity contribution is 8.10. The first-order valence-corrected chi connectivity index (χ1v) is 4.09. The lowest BCUT2D eigenvalue weighted by molar-refractivity contribution is 0.279. The molecule has 0 aliphatic heterocycles. The fourth-order valence-corrected chi connectivity index (χ4v) is 0.748. The second-order valence-corrected chi connectivity index (χ2v) is 3.25. The van der Waals surface area contributed by atoms with Gasteiger partial charge < -0.3 is 10.0 Å². The molecule has 0 saturated carbocycles. The second-order valence-electron chi connectivity index (χ2n) is 2.13. The van der Waals surface area contributed by atoms with Crippen LogP contribution in [0, 0.1) is 0 Å². The Morgan fingerprint density at radius 1 is 1.60 bits per heavy atom. The predicted octanol–water partition coefficient (Wildman–Crippen LogP) is 0.905. The maximum absolute atomic E-state index is 8.45. The van der Waals surface area contributed by atoms with Crippen molar-refractivity contribution in [2.24, 2.45) is 0 Å². The van der Waals surface area contributed by atoms with Crippen molar-refractivity contribution in [3.05, 3.63) is 0 Å². The van der Waals surface area contributed by atoms with Crippen LogP contribution in [0.5, 0.6) is 0 Å². The number of nitrogens with zero attached hydrogens (tertiary/aromatic N) is 1. The van der Waals surface area contributed by atoms with Gasteiger partial charge in [-0.25, -0.2) is 0 Å². The van der Waals surface area contributed by atoms with Gasteiger partial charge >= 0.3 is 0 Å². The van der Waals surface area contributed by atoms with Gasteiger partial charge in [-0.1, -0.05) is 12.2 Å². The molecule has 0 aliphatic carbocycles. The van der Waals surface area contributed by atoms with E-state index in [1.165, 1.54) is 0 Å². The fourth-order valence-electron chi connectivity index (χ4n) is 0.556. The molecule has 0 amide bonds.